The summed E-state index contributed by atoms with van der Waals surface area (Å²) in [5, 5.41) is 48.2. The van der Waals surface area contributed by atoms with Crippen molar-refractivity contribution in [2.75, 3.05) is 7.11 Å². The summed E-state index contributed by atoms with van der Waals surface area (Å²) < 4.78 is 17.4. The number of carbonyl (C=O) groups is 4. The normalized spacial score (nSPS) is 26.8. The van der Waals surface area contributed by atoms with Gasteiger partial charge >= 0.3 is 0 Å². The molecule has 5 N–H and O–H groups in total. The van der Waals surface area contributed by atoms with Gasteiger partial charge in [-0.1, -0.05) is 12.1 Å². The molecule has 13 heteroatoms. The molecule has 3 aliphatic rings. The molecule has 1 aliphatic heterocycles. The zero-order valence-electron chi connectivity index (χ0n) is 25.1. The number of ketones is 3. The monoisotopic (exact) mass is 632 g/mol. The number of aromatic hydroxyl groups is 2. The number of aliphatic hydroxyl groups excluding tert-OH is 1. The van der Waals surface area contributed by atoms with Crippen molar-refractivity contribution in [1.29, 1.82) is 0 Å². The molecule has 0 spiro atoms. The van der Waals surface area contributed by atoms with Crippen LogP contribution in [0.1, 0.15) is 86.1 Å². The number of fused-ring (bicyclic) bond motifs is 3. The van der Waals surface area contributed by atoms with E-state index in [4.69, 9.17) is 14.2 Å². The first-order valence-corrected chi connectivity index (χ1v) is 14.7. The lowest BCUT2D eigenvalue weighted by Crippen LogP contribution is -2.55. The molecule has 1 aromatic heterocycles. The maximum Gasteiger partial charge on any atom is 0.251 e. The van der Waals surface area contributed by atoms with E-state index in [1.807, 2.05) is 0 Å². The topological polar surface area (TPSA) is 202 Å². The standard InChI is InChI=1S/C33H32N2O11/c1-14-27(37)19(35-32(42)16-7-9-34-10-8-16)11-22(45-14)46-21-13-33(43,15(2)36)12-18-24(21)31(41)26-25(29(18)39)28(38)17-5-4-6-20(44-3)23(17)30(26)40/h4-10,14,19,21-22,27,37,39,41,43H,11-13H2,1-3H3,(H,35,42)/t14?,19?,21-,22?,27?,33-/m0/s1. The van der Waals surface area contributed by atoms with E-state index >= 15 is 0 Å². The molecule has 2 aliphatic carbocycles. The number of phenolic OH excluding ortho intramolecular Hbond substituents is 2. The number of hydrogen-bond acceptors (Lipinski definition) is 12. The van der Waals surface area contributed by atoms with Crippen LogP contribution in [0.25, 0.3) is 0 Å². The van der Waals surface area contributed by atoms with E-state index in [9.17, 15) is 39.6 Å². The zero-order chi connectivity index (χ0) is 33.1. The summed E-state index contributed by atoms with van der Waals surface area (Å²) in [4.78, 5) is 56.9. The highest BCUT2D eigenvalue weighted by atomic mass is 16.7. The fourth-order valence-electron chi connectivity index (χ4n) is 6.52. The molecule has 46 heavy (non-hydrogen) atoms. The first-order valence-electron chi connectivity index (χ1n) is 14.7. The van der Waals surface area contributed by atoms with Crippen molar-refractivity contribution in [2.24, 2.45) is 0 Å². The number of nitrogens with one attached hydrogen (secondary N) is 1. The Balaban J connectivity index is 1.40. The summed E-state index contributed by atoms with van der Waals surface area (Å²) in [6.45, 7) is 2.73. The Hall–Kier alpha value is -4.69. The van der Waals surface area contributed by atoms with Crippen molar-refractivity contribution in [3.05, 3.63) is 81.7 Å². The lowest BCUT2D eigenvalue weighted by atomic mass is 9.72. The summed E-state index contributed by atoms with van der Waals surface area (Å²) in [6.07, 6.45) is -2.49. The third-order valence-corrected chi connectivity index (χ3v) is 9.01. The number of carbonyl (C=O) groups excluding carboxylic acids is 4. The molecule has 2 aromatic carbocycles. The van der Waals surface area contributed by atoms with Gasteiger partial charge in [0.2, 0.25) is 5.78 Å². The van der Waals surface area contributed by atoms with E-state index in [2.05, 4.69) is 10.3 Å². The number of aromatic nitrogens is 1. The Morgan fingerprint density at radius 3 is 2.41 bits per heavy atom. The predicted octanol–water partition coefficient (Wildman–Crippen LogP) is 1.90. The van der Waals surface area contributed by atoms with Crippen molar-refractivity contribution in [1.82, 2.24) is 10.3 Å². The molecule has 0 bridgehead atoms. The molecule has 6 atom stereocenters. The van der Waals surface area contributed by atoms with Crippen LogP contribution in [0.2, 0.25) is 0 Å². The highest BCUT2D eigenvalue weighted by molar-refractivity contribution is 6.31. The average Bonchev–Trinajstić information content (AvgIpc) is 3.03. The van der Waals surface area contributed by atoms with Crippen LogP contribution in [0.15, 0.2) is 42.7 Å². The Morgan fingerprint density at radius 2 is 1.74 bits per heavy atom. The summed E-state index contributed by atoms with van der Waals surface area (Å²) in [5.74, 6) is -3.87. The number of methoxy groups -OCH3 is 1. The van der Waals surface area contributed by atoms with Crippen LogP contribution in [0.3, 0.4) is 0 Å². The first-order chi connectivity index (χ1) is 21.9. The molecule has 240 valence electrons. The highest BCUT2D eigenvalue weighted by Gasteiger charge is 2.49. The summed E-state index contributed by atoms with van der Waals surface area (Å²) in [5.41, 5.74) is -3.04. The van der Waals surface area contributed by atoms with Crippen LogP contribution in [0.4, 0.5) is 0 Å². The van der Waals surface area contributed by atoms with Gasteiger partial charge in [-0.3, -0.25) is 24.2 Å². The van der Waals surface area contributed by atoms with Gasteiger partial charge < -0.3 is 40.0 Å². The number of ether oxygens (including phenoxy) is 3. The molecule has 2 heterocycles. The van der Waals surface area contributed by atoms with E-state index in [1.54, 1.807) is 6.92 Å². The molecular formula is C33H32N2O11. The number of phenols is 2. The van der Waals surface area contributed by atoms with Gasteiger partial charge in [0.15, 0.2) is 17.9 Å². The molecule has 0 radical (unpaired) electrons. The molecule has 6 rings (SSSR count). The van der Waals surface area contributed by atoms with E-state index in [-0.39, 0.29) is 34.4 Å². The lowest BCUT2D eigenvalue weighted by Gasteiger charge is -2.42. The van der Waals surface area contributed by atoms with Gasteiger partial charge in [0, 0.05) is 53.9 Å². The van der Waals surface area contributed by atoms with Gasteiger partial charge in [-0.05, 0) is 32.0 Å². The maximum atomic E-state index is 13.8. The largest absolute Gasteiger partial charge is 0.507 e. The molecule has 4 unspecified atom stereocenters. The second kappa shape index (κ2) is 11.6. The number of aliphatic hydroxyl groups is 2. The van der Waals surface area contributed by atoms with Crippen molar-refractivity contribution in [3.63, 3.8) is 0 Å². The number of benzene rings is 2. The Bertz CT molecular complexity index is 1780. The third kappa shape index (κ3) is 5.01. The quantitative estimate of drug-likeness (QED) is 0.194. The molecular weight excluding hydrogens is 600 g/mol. The van der Waals surface area contributed by atoms with E-state index < -0.39 is 95.0 Å². The van der Waals surface area contributed by atoms with Gasteiger partial charge in [0.05, 0.1) is 42.0 Å². The second-order valence-corrected chi connectivity index (χ2v) is 11.8. The number of hydrogen-bond donors (Lipinski definition) is 5. The van der Waals surface area contributed by atoms with Gasteiger partial charge in [0.1, 0.15) is 29.0 Å². The highest BCUT2D eigenvalue weighted by Crippen LogP contribution is 2.52. The Labute approximate surface area is 262 Å². The Kier molecular flexibility index (Phi) is 7.89. The van der Waals surface area contributed by atoms with Gasteiger partial charge in [-0.25, -0.2) is 0 Å². The van der Waals surface area contributed by atoms with E-state index in [0.29, 0.717) is 5.56 Å². The molecule has 13 nitrogen and oxygen atoms in total. The van der Waals surface area contributed by atoms with Crippen LogP contribution in [-0.2, 0) is 20.7 Å². The molecule has 0 saturated carbocycles. The predicted molar refractivity (Wildman–Crippen MR) is 158 cm³/mol. The minimum absolute atomic E-state index is 0.0417. The Morgan fingerprint density at radius 1 is 1.04 bits per heavy atom. The van der Waals surface area contributed by atoms with Crippen molar-refractivity contribution >= 4 is 23.3 Å². The van der Waals surface area contributed by atoms with Crippen molar-refractivity contribution in [2.45, 2.75) is 69.4 Å². The van der Waals surface area contributed by atoms with Crippen LogP contribution in [0.5, 0.6) is 17.2 Å². The number of pyridine rings is 1. The second-order valence-electron chi connectivity index (χ2n) is 11.8. The van der Waals surface area contributed by atoms with Crippen LogP contribution < -0.4 is 10.1 Å². The third-order valence-electron chi connectivity index (χ3n) is 9.01. The van der Waals surface area contributed by atoms with Crippen LogP contribution in [0, 0.1) is 0 Å². The van der Waals surface area contributed by atoms with Gasteiger partial charge in [0.25, 0.3) is 5.91 Å². The smallest absolute Gasteiger partial charge is 0.251 e. The number of amides is 1. The number of rotatable bonds is 6. The first kappa shape index (κ1) is 31.3. The SMILES string of the molecule is COc1cccc2c1C(=O)c1c(O)c3c(c(O)c1C2=O)C[C@@](O)(C(C)=O)C[C@@H]3OC1CC(NC(=O)c2ccncc2)C(O)C(C)O1. The fourth-order valence-corrected chi connectivity index (χ4v) is 6.52. The molecule has 3 aromatic rings. The summed E-state index contributed by atoms with van der Waals surface area (Å²) in [7, 11) is 1.33. The molecule has 1 saturated heterocycles. The molecule has 1 amide bonds. The number of nitrogens with zero attached hydrogens (tertiary/aromatic N) is 1. The van der Waals surface area contributed by atoms with E-state index in [0.717, 1.165) is 6.92 Å². The van der Waals surface area contributed by atoms with Crippen molar-refractivity contribution in [3.8, 4) is 17.2 Å². The average molecular weight is 633 g/mol. The fraction of sp³-hybridized carbons (Fsp3) is 0.364. The van der Waals surface area contributed by atoms with E-state index in [1.165, 1.54) is 49.8 Å². The van der Waals surface area contributed by atoms with Gasteiger partial charge in [-0.15, -0.1) is 0 Å². The number of Topliss-reactive ketones (excluding diaryl/α,β-unsaturated/α-hetero) is 1. The summed E-state index contributed by atoms with van der Waals surface area (Å²) >= 11 is 0. The van der Waals surface area contributed by atoms with Gasteiger partial charge in [-0.2, -0.15) is 0 Å². The molecule has 1 fully saturated rings. The maximum absolute atomic E-state index is 13.8. The van der Waals surface area contributed by atoms with Crippen LogP contribution >= 0.6 is 0 Å². The summed E-state index contributed by atoms with van der Waals surface area (Å²) in [6, 6.07) is 6.57. The van der Waals surface area contributed by atoms with Crippen LogP contribution in [-0.4, -0.2) is 85.9 Å². The zero-order valence-corrected chi connectivity index (χ0v) is 25.1. The van der Waals surface area contributed by atoms with Crippen molar-refractivity contribution < 1.29 is 53.8 Å². The minimum Gasteiger partial charge on any atom is -0.507 e. The lowest BCUT2D eigenvalue weighted by molar-refractivity contribution is -0.248. The minimum atomic E-state index is -2.08.